The number of allylic oxidation sites excluding steroid dienone is 1. The zero-order valence-electron chi connectivity index (χ0n) is 23.7. The Hall–Kier alpha value is -4.79. The Labute approximate surface area is 233 Å². The summed E-state index contributed by atoms with van der Waals surface area (Å²) in [4.78, 5) is 53.6. The Morgan fingerprint density at radius 1 is 0.950 bits per heavy atom. The summed E-state index contributed by atoms with van der Waals surface area (Å²) < 4.78 is 9.88. The molecule has 2 aromatic carbocycles. The van der Waals surface area contributed by atoms with Crippen molar-refractivity contribution in [3.63, 3.8) is 0 Å². The smallest absolute Gasteiger partial charge is 0.413 e. The van der Waals surface area contributed by atoms with Crippen LogP contribution in [0.3, 0.4) is 0 Å². The van der Waals surface area contributed by atoms with E-state index in [4.69, 9.17) is 9.47 Å². The second-order valence-corrected chi connectivity index (χ2v) is 10.3. The van der Waals surface area contributed by atoms with Crippen molar-refractivity contribution in [2.24, 2.45) is 0 Å². The molecule has 0 saturated heterocycles. The molecule has 0 aliphatic carbocycles. The van der Waals surface area contributed by atoms with Crippen molar-refractivity contribution in [2.45, 2.75) is 47.1 Å². The molecule has 40 heavy (non-hydrogen) atoms. The number of esters is 1. The standard InChI is InChI=1S/C19H19N3O4.C12H14O2/c1-11-9-12(10-20-15(11)21-18(25)26-19(2,3)4)22-16(23)13-7-5-6-8-14(13)17(22)24;1-9(2)8-10-6-4-5-7-11(10)12(13)14-3/h5-10H,1-4H3,(H,20,21,25);4-8H,1-3H3. The molecule has 0 atom stereocenters. The summed E-state index contributed by atoms with van der Waals surface area (Å²) >= 11 is 0. The molecule has 3 amide bonds. The predicted molar refractivity (Wildman–Crippen MR) is 154 cm³/mol. The van der Waals surface area contributed by atoms with Gasteiger partial charge in [-0.25, -0.2) is 19.5 Å². The quantitative estimate of drug-likeness (QED) is 0.298. The number of anilines is 2. The summed E-state index contributed by atoms with van der Waals surface area (Å²) in [6.07, 6.45) is 2.72. The molecule has 0 fully saturated rings. The van der Waals surface area contributed by atoms with Gasteiger partial charge in [-0.1, -0.05) is 42.0 Å². The number of hydrogen-bond acceptors (Lipinski definition) is 7. The molecule has 9 nitrogen and oxygen atoms in total. The minimum Gasteiger partial charge on any atom is -0.465 e. The van der Waals surface area contributed by atoms with Crippen LogP contribution < -0.4 is 10.2 Å². The second-order valence-electron chi connectivity index (χ2n) is 10.3. The summed E-state index contributed by atoms with van der Waals surface area (Å²) in [5.41, 5.74) is 3.72. The lowest BCUT2D eigenvalue weighted by atomic mass is 10.1. The molecule has 1 aromatic heterocycles. The maximum Gasteiger partial charge on any atom is 0.413 e. The first-order chi connectivity index (χ1) is 18.8. The maximum atomic E-state index is 12.5. The summed E-state index contributed by atoms with van der Waals surface area (Å²) in [7, 11) is 1.39. The minimum absolute atomic E-state index is 0.293. The van der Waals surface area contributed by atoms with Gasteiger partial charge in [0.15, 0.2) is 0 Å². The van der Waals surface area contributed by atoms with E-state index >= 15 is 0 Å². The molecule has 1 N–H and O–H groups in total. The molecule has 0 saturated carbocycles. The van der Waals surface area contributed by atoms with Crippen LogP contribution in [0.25, 0.3) is 6.08 Å². The summed E-state index contributed by atoms with van der Waals surface area (Å²) in [5, 5.41) is 2.56. The van der Waals surface area contributed by atoms with Crippen LogP contribution in [-0.4, -0.2) is 41.6 Å². The van der Waals surface area contributed by atoms with E-state index in [1.165, 1.54) is 13.3 Å². The molecule has 1 aliphatic rings. The number of carbonyl (C=O) groups excluding carboxylic acids is 4. The summed E-state index contributed by atoms with van der Waals surface area (Å²) in [6, 6.07) is 15.7. The van der Waals surface area contributed by atoms with Crippen LogP contribution >= 0.6 is 0 Å². The Morgan fingerprint density at radius 2 is 1.52 bits per heavy atom. The van der Waals surface area contributed by atoms with Crippen LogP contribution in [0.4, 0.5) is 16.3 Å². The average Bonchev–Trinajstić information content (AvgIpc) is 3.14. The summed E-state index contributed by atoms with van der Waals surface area (Å²) in [5.74, 6) is -0.767. The number of aromatic nitrogens is 1. The molecule has 0 bridgehead atoms. The number of nitrogens with one attached hydrogen (secondary N) is 1. The summed E-state index contributed by atoms with van der Waals surface area (Å²) in [6.45, 7) is 11.0. The highest BCUT2D eigenvalue weighted by Gasteiger charge is 2.36. The van der Waals surface area contributed by atoms with E-state index in [0.29, 0.717) is 33.8 Å². The number of amides is 3. The van der Waals surface area contributed by atoms with Crippen molar-refractivity contribution in [3.8, 4) is 0 Å². The van der Waals surface area contributed by atoms with Gasteiger partial charge in [-0.3, -0.25) is 14.9 Å². The molecule has 1 aliphatic heterocycles. The Balaban J connectivity index is 0.000000267. The zero-order valence-corrected chi connectivity index (χ0v) is 23.7. The van der Waals surface area contributed by atoms with Gasteiger partial charge < -0.3 is 9.47 Å². The molecular weight excluding hydrogens is 510 g/mol. The number of hydrogen-bond donors (Lipinski definition) is 1. The number of methoxy groups -OCH3 is 1. The Kier molecular flexibility index (Phi) is 9.21. The first kappa shape index (κ1) is 29.8. The van der Waals surface area contributed by atoms with Crippen molar-refractivity contribution >= 4 is 41.5 Å². The SMILES string of the molecule is COC(=O)c1ccccc1C=C(C)C.Cc1cc(N2C(=O)c3ccccc3C2=O)cnc1NC(=O)OC(C)(C)C. The highest BCUT2D eigenvalue weighted by molar-refractivity contribution is 6.34. The van der Waals surface area contributed by atoms with Gasteiger partial charge in [0.1, 0.15) is 11.4 Å². The van der Waals surface area contributed by atoms with Crippen LogP contribution in [0.2, 0.25) is 0 Å². The zero-order chi connectivity index (χ0) is 29.6. The van der Waals surface area contributed by atoms with E-state index in [0.717, 1.165) is 16.0 Å². The molecule has 2 heterocycles. The van der Waals surface area contributed by atoms with Crippen molar-refractivity contribution in [3.05, 3.63) is 94.2 Å². The van der Waals surface area contributed by atoms with Gasteiger partial charge in [0.2, 0.25) is 0 Å². The lowest BCUT2D eigenvalue weighted by molar-refractivity contribution is 0.0597. The Bertz CT molecular complexity index is 1450. The second kappa shape index (κ2) is 12.4. The van der Waals surface area contributed by atoms with Crippen LogP contribution in [-0.2, 0) is 9.47 Å². The fourth-order valence-corrected chi connectivity index (χ4v) is 3.87. The molecule has 4 rings (SSSR count). The van der Waals surface area contributed by atoms with Crippen molar-refractivity contribution in [1.82, 2.24) is 4.98 Å². The molecular formula is C31H33N3O6. The van der Waals surface area contributed by atoms with Crippen LogP contribution in [0.1, 0.15) is 76.8 Å². The molecule has 0 spiro atoms. The van der Waals surface area contributed by atoms with Crippen molar-refractivity contribution < 1.29 is 28.7 Å². The molecule has 3 aromatic rings. The number of fused-ring (bicyclic) bond motifs is 1. The van der Waals surface area contributed by atoms with Crippen molar-refractivity contribution in [1.29, 1.82) is 0 Å². The highest BCUT2D eigenvalue weighted by atomic mass is 16.6. The molecule has 0 unspecified atom stereocenters. The first-order valence-electron chi connectivity index (χ1n) is 12.6. The van der Waals surface area contributed by atoms with E-state index < -0.39 is 11.7 Å². The monoisotopic (exact) mass is 543 g/mol. The topological polar surface area (TPSA) is 115 Å². The number of nitrogens with zero attached hydrogens (tertiary/aromatic N) is 2. The van der Waals surface area contributed by atoms with Crippen molar-refractivity contribution in [2.75, 3.05) is 17.3 Å². The lowest BCUT2D eigenvalue weighted by Crippen LogP contribution is -2.30. The average molecular weight is 544 g/mol. The number of pyridine rings is 1. The van der Waals surface area contributed by atoms with E-state index in [1.54, 1.807) is 64.1 Å². The van der Waals surface area contributed by atoms with E-state index in [2.05, 4.69) is 10.3 Å². The van der Waals surface area contributed by atoms with Gasteiger partial charge in [0.05, 0.1) is 35.7 Å². The third-order valence-electron chi connectivity index (χ3n) is 5.55. The fraction of sp³-hybridized carbons (Fsp3) is 0.258. The molecule has 0 radical (unpaired) electrons. The third-order valence-corrected chi connectivity index (χ3v) is 5.55. The van der Waals surface area contributed by atoms with Crippen LogP contribution in [0.5, 0.6) is 0 Å². The Morgan fingerprint density at radius 3 is 2.05 bits per heavy atom. The number of benzene rings is 2. The van der Waals surface area contributed by atoms with Gasteiger partial charge in [-0.2, -0.15) is 0 Å². The molecule has 208 valence electrons. The largest absolute Gasteiger partial charge is 0.465 e. The van der Waals surface area contributed by atoms with E-state index in [1.807, 2.05) is 38.1 Å². The predicted octanol–water partition coefficient (Wildman–Crippen LogP) is 6.43. The lowest BCUT2D eigenvalue weighted by Gasteiger charge is -2.20. The van der Waals surface area contributed by atoms with Gasteiger partial charge >= 0.3 is 12.1 Å². The van der Waals surface area contributed by atoms with Crippen LogP contribution in [0.15, 0.2) is 66.4 Å². The van der Waals surface area contributed by atoms with Crippen LogP contribution in [0, 0.1) is 6.92 Å². The number of ether oxygens (including phenoxy) is 2. The molecule has 9 heteroatoms. The number of carbonyl (C=O) groups is 4. The number of rotatable bonds is 4. The van der Waals surface area contributed by atoms with Gasteiger partial charge in [-0.15, -0.1) is 0 Å². The normalized spacial score (nSPS) is 12.1. The maximum absolute atomic E-state index is 12.5. The fourth-order valence-electron chi connectivity index (χ4n) is 3.87. The minimum atomic E-state index is -0.627. The third kappa shape index (κ3) is 7.19. The number of imide groups is 1. The van der Waals surface area contributed by atoms with E-state index in [-0.39, 0.29) is 17.8 Å². The number of aryl methyl sites for hydroxylation is 1. The van der Waals surface area contributed by atoms with Gasteiger partial charge in [-0.05, 0) is 76.9 Å². The highest BCUT2D eigenvalue weighted by Crippen LogP contribution is 2.29. The van der Waals surface area contributed by atoms with Gasteiger partial charge in [0.25, 0.3) is 11.8 Å². The van der Waals surface area contributed by atoms with Gasteiger partial charge in [0, 0.05) is 0 Å². The first-order valence-corrected chi connectivity index (χ1v) is 12.6. The van der Waals surface area contributed by atoms with E-state index in [9.17, 15) is 19.2 Å².